The lowest BCUT2D eigenvalue weighted by molar-refractivity contribution is -0.504. The Kier molecular flexibility index (Phi) is 4.54. The lowest BCUT2D eigenvalue weighted by Gasteiger charge is -1.93. The molecular formula is C7H13NO2. The monoisotopic (exact) mass is 143 g/mol. The van der Waals surface area contributed by atoms with Crippen LogP contribution in [-0.2, 0) is 0 Å². The van der Waals surface area contributed by atoms with E-state index in [1.165, 1.54) is 0 Å². The molecule has 0 rings (SSSR count). The van der Waals surface area contributed by atoms with E-state index in [-0.39, 0.29) is 4.92 Å². The van der Waals surface area contributed by atoms with Crippen molar-refractivity contribution in [1.82, 2.24) is 0 Å². The molecule has 0 saturated heterocycles. The number of hydrogen-bond acceptors (Lipinski definition) is 2. The van der Waals surface area contributed by atoms with Crippen LogP contribution in [0.2, 0.25) is 0 Å². The van der Waals surface area contributed by atoms with Crippen molar-refractivity contribution in [2.75, 3.05) is 0 Å². The average molecular weight is 143 g/mol. The van der Waals surface area contributed by atoms with Gasteiger partial charge in [0.25, 0.3) is 0 Å². The molecule has 3 nitrogen and oxygen atoms in total. The van der Waals surface area contributed by atoms with Crippen molar-refractivity contribution in [2.45, 2.75) is 32.7 Å². The van der Waals surface area contributed by atoms with Gasteiger partial charge in [-0.1, -0.05) is 19.4 Å². The molecule has 0 bridgehead atoms. The van der Waals surface area contributed by atoms with E-state index in [0.29, 0.717) is 0 Å². The fraction of sp³-hybridized carbons (Fsp3) is 0.714. The van der Waals surface area contributed by atoms with E-state index in [1.54, 1.807) is 13.0 Å². The third kappa shape index (κ3) is 4.06. The fourth-order valence-corrected chi connectivity index (χ4v) is 0.530. The van der Waals surface area contributed by atoms with Gasteiger partial charge in [0.15, 0.2) is 0 Å². The number of hydrogen-bond donors (Lipinski definition) is 0. The number of nitrogens with zero attached hydrogens (tertiary/aromatic N) is 1. The van der Waals surface area contributed by atoms with E-state index >= 15 is 0 Å². The van der Waals surface area contributed by atoms with Gasteiger partial charge in [0.1, 0.15) is 0 Å². The molecule has 0 amide bonds. The average Bonchev–Trinajstić information content (AvgIpc) is 1.88. The standard InChI is InChI=1S/C7H13NO2/c1-3-4-5-6-7(2)8(9)10/h5-7H,3-4H2,1-2H3/b6-5+. The van der Waals surface area contributed by atoms with Crippen LogP contribution in [0, 0.1) is 10.1 Å². The summed E-state index contributed by atoms with van der Waals surface area (Å²) in [5.41, 5.74) is 0. The van der Waals surface area contributed by atoms with Crippen molar-refractivity contribution in [3.63, 3.8) is 0 Å². The Morgan fingerprint density at radius 2 is 2.30 bits per heavy atom. The SMILES string of the molecule is CCC/C=C/C(C)[N+](=O)[O-]. The summed E-state index contributed by atoms with van der Waals surface area (Å²) in [7, 11) is 0. The molecule has 0 aromatic heterocycles. The maximum Gasteiger partial charge on any atom is 0.228 e. The van der Waals surface area contributed by atoms with Gasteiger partial charge in [0.05, 0.1) is 0 Å². The second-order valence-electron chi connectivity index (χ2n) is 2.24. The molecule has 0 aromatic carbocycles. The second kappa shape index (κ2) is 4.97. The first-order valence-corrected chi connectivity index (χ1v) is 3.48. The molecule has 58 valence electrons. The second-order valence-corrected chi connectivity index (χ2v) is 2.24. The highest BCUT2D eigenvalue weighted by Crippen LogP contribution is 1.94. The third-order valence-electron chi connectivity index (χ3n) is 1.20. The first-order chi connectivity index (χ1) is 4.68. The van der Waals surface area contributed by atoms with Crippen molar-refractivity contribution in [3.8, 4) is 0 Å². The van der Waals surface area contributed by atoms with Crippen LogP contribution in [0.25, 0.3) is 0 Å². The summed E-state index contributed by atoms with van der Waals surface area (Å²) in [6.07, 6.45) is 5.45. The minimum Gasteiger partial charge on any atom is -0.264 e. The summed E-state index contributed by atoms with van der Waals surface area (Å²) in [5.74, 6) is 0. The van der Waals surface area contributed by atoms with Gasteiger partial charge in [-0.2, -0.15) is 0 Å². The van der Waals surface area contributed by atoms with E-state index in [2.05, 4.69) is 0 Å². The zero-order valence-corrected chi connectivity index (χ0v) is 6.41. The minimum atomic E-state index is -0.536. The Morgan fingerprint density at radius 3 is 2.70 bits per heavy atom. The Morgan fingerprint density at radius 1 is 1.70 bits per heavy atom. The normalized spacial score (nSPS) is 13.8. The van der Waals surface area contributed by atoms with Crippen molar-refractivity contribution < 1.29 is 4.92 Å². The summed E-state index contributed by atoms with van der Waals surface area (Å²) in [4.78, 5) is 9.75. The van der Waals surface area contributed by atoms with Crippen LogP contribution in [0.4, 0.5) is 0 Å². The predicted octanol–water partition coefficient (Wildman–Crippen LogP) is 2.01. The molecule has 0 heterocycles. The first kappa shape index (κ1) is 9.14. The Hall–Kier alpha value is -0.860. The summed E-state index contributed by atoms with van der Waals surface area (Å²) in [6.45, 7) is 3.62. The van der Waals surface area contributed by atoms with Crippen molar-refractivity contribution in [3.05, 3.63) is 22.3 Å². The zero-order valence-electron chi connectivity index (χ0n) is 6.41. The number of unbranched alkanes of at least 4 members (excludes halogenated alkanes) is 1. The highest BCUT2D eigenvalue weighted by Gasteiger charge is 2.04. The lowest BCUT2D eigenvalue weighted by Crippen LogP contribution is -2.10. The lowest BCUT2D eigenvalue weighted by atomic mass is 10.2. The molecule has 0 aliphatic heterocycles. The predicted molar refractivity (Wildman–Crippen MR) is 40.5 cm³/mol. The van der Waals surface area contributed by atoms with Gasteiger partial charge in [-0.05, 0) is 12.5 Å². The van der Waals surface area contributed by atoms with Gasteiger partial charge < -0.3 is 0 Å². The molecule has 1 atom stereocenters. The maximum absolute atomic E-state index is 10.0. The zero-order chi connectivity index (χ0) is 7.98. The fourth-order valence-electron chi connectivity index (χ4n) is 0.530. The Labute approximate surface area is 60.9 Å². The summed E-state index contributed by atoms with van der Waals surface area (Å²) in [5, 5.41) is 10.0. The van der Waals surface area contributed by atoms with Gasteiger partial charge in [0.2, 0.25) is 6.04 Å². The molecular weight excluding hydrogens is 130 g/mol. The molecule has 0 aliphatic rings. The highest BCUT2D eigenvalue weighted by molar-refractivity contribution is 4.85. The summed E-state index contributed by atoms with van der Waals surface area (Å²) in [6, 6.07) is -0.536. The van der Waals surface area contributed by atoms with E-state index in [9.17, 15) is 10.1 Å². The molecule has 0 fully saturated rings. The quantitative estimate of drug-likeness (QED) is 0.343. The highest BCUT2D eigenvalue weighted by atomic mass is 16.6. The number of rotatable bonds is 4. The maximum atomic E-state index is 10.0. The molecule has 0 aromatic rings. The molecule has 3 heteroatoms. The smallest absolute Gasteiger partial charge is 0.228 e. The van der Waals surface area contributed by atoms with Gasteiger partial charge >= 0.3 is 0 Å². The molecule has 0 radical (unpaired) electrons. The summed E-state index contributed by atoms with van der Waals surface area (Å²) >= 11 is 0. The summed E-state index contributed by atoms with van der Waals surface area (Å²) < 4.78 is 0. The Bertz CT molecular complexity index is 132. The van der Waals surface area contributed by atoms with E-state index in [4.69, 9.17) is 0 Å². The van der Waals surface area contributed by atoms with E-state index < -0.39 is 6.04 Å². The van der Waals surface area contributed by atoms with Gasteiger partial charge in [0, 0.05) is 11.8 Å². The molecule has 10 heavy (non-hydrogen) atoms. The number of nitro groups is 1. The van der Waals surface area contributed by atoms with Gasteiger partial charge in [-0.3, -0.25) is 10.1 Å². The third-order valence-corrected chi connectivity index (χ3v) is 1.20. The van der Waals surface area contributed by atoms with Crippen LogP contribution >= 0.6 is 0 Å². The molecule has 0 aliphatic carbocycles. The van der Waals surface area contributed by atoms with Crippen LogP contribution < -0.4 is 0 Å². The van der Waals surface area contributed by atoms with Crippen LogP contribution in [0.5, 0.6) is 0 Å². The number of allylic oxidation sites excluding steroid dienone is 1. The van der Waals surface area contributed by atoms with Gasteiger partial charge in [-0.15, -0.1) is 0 Å². The van der Waals surface area contributed by atoms with Crippen molar-refractivity contribution in [1.29, 1.82) is 0 Å². The minimum absolute atomic E-state index is 0.299. The largest absolute Gasteiger partial charge is 0.264 e. The van der Waals surface area contributed by atoms with Crippen LogP contribution in [0.3, 0.4) is 0 Å². The molecule has 0 N–H and O–H groups in total. The van der Waals surface area contributed by atoms with E-state index in [0.717, 1.165) is 12.8 Å². The molecule has 0 spiro atoms. The van der Waals surface area contributed by atoms with Crippen LogP contribution in [-0.4, -0.2) is 11.0 Å². The Balaban J connectivity index is 3.55. The molecule has 0 saturated carbocycles. The van der Waals surface area contributed by atoms with Crippen molar-refractivity contribution >= 4 is 0 Å². The molecule has 1 unspecified atom stereocenters. The first-order valence-electron chi connectivity index (χ1n) is 3.48. The van der Waals surface area contributed by atoms with Crippen LogP contribution in [0.15, 0.2) is 12.2 Å². The van der Waals surface area contributed by atoms with Crippen LogP contribution in [0.1, 0.15) is 26.7 Å². The van der Waals surface area contributed by atoms with E-state index in [1.807, 2.05) is 13.0 Å². The topological polar surface area (TPSA) is 43.1 Å². The van der Waals surface area contributed by atoms with Gasteiger partial charge in [-0.25, -0.2) is 0 Å². The van der Waals surface area contributed by atoms with Crippen molar-refractivity contribution in [2.24, 2.45) is 0 Å².